The van der Waals surface area contributed by atoms with Gasteiger partial charge in [0.05, 0.1) is 18.9 Å². The summed E-state index contributed by atoms with van der Waals surface area (Å²) < 4.78 is 10.9. The quantitative estimate of drug-likeness (QED) is 0.374. The van der Waals surface area contributed by atoms with Gasteiger partial charge in [-0.15, -0.1) is 0 Å². The number of ether oxygens (including phenoxy) is 2. The molecule has 0 aliphatic heterocycles. The number of esters is 1. The van der Waals surface area contributed by atoms with E-state index in [0.29, 0.717) is 24.9 Å². The SMILES string of the molecule is CCCCOc1cccc(Nc2nccc(-c3c(C)[nH]c(C(=O)OCC)c3C)n2)c1. The molecular weight excluding hydrogens is 380 g/mol. The van der Waals surface area contributed by atoms with E-state index in [2.05, 4.69) is 27.2 Å². The maximum atomic E-state index is 12.2. The Kier molecular flexibility index (Phi) is 7.06. The van der Waals surface area contributed by atoms with Gasteiger partial charge in [-0.3, -0.25) is 0 Å². The van der Waals surface area contributed by atoms with Crippen molar-refractivity contribution in [3.05, 3.63) is 53.5 Å². The average Bonchev–Trinajstić information content (AvgIpc) is 3.03. The number of carbonyl (C=O) groups excluding carboxylic acids is 1. The summed E-state index contributed by atoms with van der Waals surface area (Å²) in [5.74, 6) is 0.911. The number of nitrogens with zero attached hydrogens (tertiary/aromatic N) is 2. The Labute approximate surface area is 176 Å². The molecule has 0 aliphatic rings. The predicted octanol–water partition coefficient (Wildman–Crippen LogP) is 5.19. The van der Waals surface area contributed by atoms with Crippen molar-refractivity contribution < 1.29 is 14.3 Å². The molecule has 2 heterocycles. The number of H-pyrrole nitrogens is 1. The lowest BCUT2D eigenvalue weighted by atomic mass is 10.1. The van der Waals surface area contributed by atoms with E-state index in [1.807, 2.05) is 44.2 Å². The van der Waals surface area contributed by atoms with Gasteiger partial charge in [0.1, 0.15) is 11.4 Å². The normalized spacial score (nSPS) is 10.7. The highest BCUT2D eigenvalue weighted by Crippen LogP contribution is 2.29. The number of nitrogens with one attached hydrogen (secondary N) is 2. The van der Waals surface area contributed by atoms with Crippen LogP contribution in [0.3, 0.4) is 0 Å². The molecule has 3 aromatic rings. The molecule has 0 bridgehead atoms. The molecule has 30 heavy (non-hydrogen) atoms. The Morgan fingerprint density at radius 3 is 2.80 bits per heavy atom. The molecule has 2 aromatic heterocycles. The third-order valence-electron chi connectivity index (χ3n) is 4.69. The van der Waals surface area contributed by atoms with E-state index in [9.17, 15) is 4.79 Å². The zero-order valence-corrected chi connectivity index (χ0v) is 17.9. The first-order chi connectivity index (χ1) is 14.5. The van der Waals surface area contributed by atoms with Crippen LogP contribution in [-0.4, -0.2) is 34.1 Å². The summed E-state index contributed by atoms with van der Waals surface area (Å²) in [6.45, 7) is 8.75. The number of carbonyl (C=O) groups is 1. The van der Waals surface area contributed by atoms with E-state index in [0.717, 1.165) is 46.8 Å². The summed E-state index contributed by atoms with van der Waals surface area (Å²) in [6.07, 6.45) is 3.81. The first kappa shape index (κ1) is 21.4. The number of aromatic nitrogens is 3. The fourth-order valence-corrected chi connectivity index (χ4v) is 3.23. The predicted molar refractivity (Wildman–Crippen MR) is 117 cm³/mol. The maximum absolute atomic E-state index is 12.2. The molecule has 0 fully saturated rings. The molecule has 0 aliphatic carbocycles. The molecule has 0 spiro atoms. The zero-order valence-electron chi connectivity index (χ0n) is 17.9. The van der Waals surface area contributed by atoms with E-state index in [1.165, 1.54) is 0 Å². The van der Waals surface area contributed by atoms with E-state index >= 15 is 0 Å². The standard InChI is InChI=1S/C23H28N4O3/c1-5-7-13-30-18-10-8-9-17(14-18)26-23-24-12-11-19(27-23)20-15(3)21(25-16(20)4)22(28)29-6-2/h8-12,14,25H,5-7,13H2,1-4H3,(H,24,26,27). The van der Waals surface area contributed by atoms with Crippen LogP contribution < -0.4 is 10.1 Å². The van der Waals surface area contributed by atoms with Gasteiger partial charge in [-0.2, -0.15) is 0 Å². The zero-order chi connectivity index (χ0) is 21.5. The third-order valence-corrected chi connectivity index (χ3v) is 4.69. The topological polar surface area (TPSA) is 89.1 Å². The minimum atomic E-state index is -0.364. The van der Waals surface area contributed by atoms with Gasteiger partial charge < -0.3 is 19.8 Å². The number of hydrogen-bond acceptors (Lipinski definition) is 6. The van der Waals surface area contributed by atoms with Crippen LogP contribution in [0.4, 0.5) is 11.6 Å². The molecule has 2 N–H and O–H groups in total. The fraction of sp³-hybridized carbons (Fsp3) is 0.348. The summed E-state index contributed by atoms with van der Waals surface area (Å²) in [4.78, 5) is 24.3. The van der Waals surface area contributed by atoms with Crippen LogP contribution in [0.25, 0.3) is 11.3 Å². The largest absolute Gasteiger partial charge is 0.494 e. The smallest absolute Gasteiger partial charge is 0.355 e. The Hall–Kier alpha value is -3.35. The van der Waals surface area contributed by atoms with E-state index in [-0.39, 0.29) is 5.97 Å². The highest BCUT2D eigenvalue weighted by atomic mass is 16.5. The first-order valence-corrected chi connectivity index (χ1v) is 10.2. The molecule has 3 rings (SSSR count). The minimum absolute atomic E-state index is 0.328. The van der Waals surface area contributed by atoms with Gasteiger partial charge in [-0.05, 0) is 51.0 Å². The van der Waals surface area contributed by atoms with Crippen molar-refractivity contribution in [1.29, 1.82) is 0 Å². The summed E-state index contributed by atoms with van der Waals surface area (Å²) in [7, 11) is 0. The van der Waals surface area contributed by atoms with Gasteiger partial charge in [0, 0.05) is 29.2 Å². The number of benzene rings is 1. The molecule has 7 nitrogen and oxygen atoms in total. The van der Waals surface area contributed by atoms with Crippen LogP contribution in [-0.2, 0) is 4.74 Å². The van der Waals surface area contributed by atoms with Crippen LogP contribution in [0.1, 0.15) is 48.4 Å². The van der Waals surface area contributed by atoms with Crippen molar-refractivity contribution in [2.75, 3.05) is 18.5 Å². The van der Waals surface area contributed by atoms with Crippen LogP contribution in [0.15, 0.2) is 36.5 Å². The summed E-state index contributed by atoms with van der Waals surface area (Å²) in [5.41, 5.74) is 4.56. The molecule has 7 heteroatoms. The number of aromatic amines is 1. The lowest BCUT2D eigenvalue weighted by Gasteiger charge is -2.10. The van der Waals surface area contributed by atoms with Crippen molar-refractivity contribution in [1.82, 2.24) is 15.0 Å². The Balaban J connectivity index is 1.82. The number of unbranched alkanes of at least 4 members (excludes halogenated alkanes) is 1. The number of anilines is 2. The van der Waals surface area contributed by atoms with E-state index < -0.39 is 0 Å². The monoisotopic (exact) mass is 408 g/mol. The van der Waals surface area contributed by atoms with Gasteiger partial charge in [0.25, 0.3) is 0 Å². The molecule has 1 aromatic carbocycles. The maximum Gasteiger partial charge on any atom is 0.355 e. The lowest BCUT2D eigenvalue weighted by molar-refractivity contribution is 0.0519. The van der Waals surface area contributed by atoms with Crippen molar-refractivity contribution in [3.8, 4) is 17.0 Å². The Morgan fingerprint density at radius 2 is 2.03 bits per heavy atom. The van der Waals surface area contributed by atoms with Gasteiger partial charge in [0.2, 0.25) is 5.95 Å². The second-order valence-corrected chi connectivity index (χ2v) is 6.97. The van der Waals surface area contributed by atoms with Gasteiger partial charge in [-0.1, -0.05) is 19.4 Å². The second kappa shape index (κ2) is 9.91. The molecule has 0 amide bonds. The van der Waals surface area contributed by atoms with Crippen molar-refractivity contribution >= 4 is 17.6 Å². The Morgan fingerprint density at radius 1 is 1.20 bits per heavy atom. The molecule has 158 valence electrons. The molecule has 0 atom stereocenters. The molecule has 0 saturated carbocycles. The lowest BCUT2D eigenvalue weighted by Crippen LogP contribution is -2.06. The second-order valence-electron chi connectivity index (χ2n) is 6.97. The van der Waals surface area contributed by atoms with Crippen LogP contribution in [0, 0.1) is 13.8 Å². The average molecular weight is 409 g/mol. The number of aryl methyl sites for hydroxylation is 1. The highest BCUT2D eigenvalue weighted by molar-refractivity contribution is 5.92. The molecular formula is C23H28N4O3. The molecule has 0 saturated heterocycles. The number of rotatable bonds is 9. The number of hydrogen-bond donors (Lipinski definition) is 2. The first-order valence-electron chi connectivity index (χ1n) is 10.2. The van der Waals surface area contributed by atoms with Gasteiger partial charge in [0.15, 0.2) is 0 Å². The van der Waals surface area contributed by atoms with Gasteiger partial charge >= 0.3 is 5.97 Å². The fourth-order valence-electron chi connectivity index (χ4n) is 3.23. The third kappa shape index (κ3) is 4.97. The van der Waals surface area contributed by atoms with Crippen LogP contribution in [0.5, 0.6) is 5.75 Å². The summed E-state index contributed by atoms with van der Waals surface area (Å²) in [5, 5.41) is 3.23. The van der Waals surface area contributed by atoms with Crippen molar-refractivity contribution in [2.24, 2.45) is 0 Å². The minimum Gasteiger partial charge on any atom is -0.494 e. The van der Waals surface area contributed by atoms with Gasteiger partial charge in [-0.25, -0.2) is 14.8 Å². The highest BCUT2D eigenvalue weighted by Gasteiger charge is 2.20. The Bertz CT molecular complexity index is 1010. The molecule has 0 radical (unpaired) electrons. The van der Waals surface area contributed by atoms with Crippen LogP contribution >= 0.6 is 0 Å². The van der Waals surface area contributed by atoms with Crippen LogP contribution in [0.2, 0.25) is 0 Å². The van der Waals surface area contributed by atoms with Crippen molar-refractivity contribution in [3.63, 3.8) is 0 Å². The molecule has 0 unspecified atom stereocenters. The summed E-state index contributed by atoms with van der Waals surface area (Å²) in [6, 6.07) is 9.56. The van der Waals surface area contributed by atoms with Crippen molar-refractivity contribution in [2.45, 2.75) is 40.5 Å². The summed E-state index contributed by atoms with van der Waals surface area (Å²) >= 11 is 0. The van der Waals surface area contributed by atoms with E-state index in [1.54, 1.807) is 13.1 Å². The van der Waals surface area contributed by atoms with E-state index in [4.69, 9.17) is 9.47 Å².